The van der Waals surface area contributed by atoms with Gasteiger partial charge in [-0.2, -0.15) is 24.9 Å². The van der Waals surface area contributed by atoms with Crippen LogP contribution in [0.5, 0.6) is 5.75 Å². The minimum Gasteiger partial charge on any atom is -0.487 e. The molecule has 0 bridgehead atoms. The van der Waals surface area contributed by atoms with Crippen LogP contribution in [0.15, 0.2) is 59.3 Å². The van der Waals surface area contributed by atoms with E-state index in [4.69, 9.17) is 9.15 Å². The largest absolute Gasteiger partial charge is 0.487 e. The van der Waals surface area contributed by atoms with Gasteiger partial charge in [-0.15, -0.1) is 5.10 Å². The van der Waals surface area contributed by atoms with Gasteiger partial charge in [0.15, 0.2) is 0 Å². The van der Waals surface area contributed by atoms with Crippen molar-refractivity contribution >= 4 is 23.9 Å². The number of ether oxygens (including phenoxy) is 1. The van der Waals surface area contributed by atoms with Crippen molar-refractivity contribution in [3.63, 3.8) is 0 Å². The van der Waals surface area contributed by atoms with Crippen LogP contribution in [0.1, 0.15) is 46.8 Å². The highest BCUT2D eigenvalue weighted by Gasteiger charge is 2.31. The summed E-state index contributed by atoms with van der Waals surface area (Å²) >= 11 is 2.00. The Balaban J connectivity index is 1.02. The van der Waals surface area contributed by atoms with E-state index in [9.17, 15) is 17.6 Å². The van der Waals surface area contributed by atoms with Crippen molar-refractivity contribution in [3.05, 3.63) is 94.7 Å². The molecule has 0 saturated carbocycles. The highest BCUT2D eigenvalue weighted by Crippen LogP contribution is 2.30. The number of unbranched alkanes of at least 4 members (excludes halogenated alkanes) is 1. The Bertz CT molecular complexity index is 1460. The van der Waals surface area contributed by atoms with Gasteiger partial charge in [0.25, 0.3) is 0 Å². The van der Waals surface area contributed by atoms with E-state index in [1.165, 1.54) is 35.5 Å². The van der Waals surface area contributed by atoms with Gasteiger partial charge in [-0.05, 0) is 55.2 Å². The summed E-state index contributed by atoms with van der Waals surface area (Å²) in [6, 6.07) is 10.2. The summed E-state index contributed by atoms with van der Waals surface area (Å²) in [5, 5.41) is 8.60. The zero-order valence-electron chi connectivity index (χ0n) is 22.9. The molecule has 0 aliphatic carbocycles. The van der Waals surface area contributed by atoms with Gasteiger partial charge in [-0.3, -0.25) is 9.58 Å². The van der Waals surface area contributed by atoms with Crippen LogP contribution in [0.3, 0.4) is 0 Å². The number of thioether (sulfide) groups is 1. The van der Waals surface area contributed by atoms with E-state index in [1.807, 2.05) is 40.7 Å². The van der Waals surface area contributed by atoms with Crippen LogP contribution in [0, 0.1) is 5.82 Å². The highest BCUT2D eigenvalue weighted by molar-refractivity contribution is 7.99. The number of oxazole rings is 1. The van der Waals surface area contributed by atoms with Crippen LogP contribution >= 0.6 is 11.8 Å². The summed E-state index contributed by atoms with van der Waals surface area (Å²) in [7, 11) is 0. The quantitative estimate of drug-likeness (QED) is 0.132. The summed E-state index contributed by atoms with van der Waals surface area (Å²) in [6.07, 6.45) is 4.57. The second kappa shape index (κ2) is 14.0. The lowest BCUT2D eigenvalue weighted by Crippen LogP contribution is -2.32. The standard InChI is InChI=1S/C30H31F4N5O2S/c31-28-17-24(30(32,33)34)8-6-23(28)7-11-29-35-26(21-41-29)20-40-27-9-4-22(5-10-27)3-1-2-12-39-19-25(36-37-39)18-38-13-15-42-16-14-38/h4-11,17,19,21H,1-3,12-16,18,20H2. The third kappa shape index (κ3) is 8.68. The molecule has 0 atom stereocenters. The predicted octanol–water partition coefficient (Wildman–Crippen LogP) is 6.75. The Morgan fingerprint density at radius 3 is 2.57 bits per heavy atom. The van der Waals surface area contributed by atoms with Gasteiger partial charge in [-0.1, -0.05) is 23.4 Å². The van der Waals surface area contributed by atoms with Crippen LogP contribution in [0.4, 0.5) is 17.6 Å². The first-order valence-corrected chi connectivity index (χ1v) is 14.9. The zero-order chi connectivity index (χ0) is 29.4. The maximum atomic E-state index is 14.0. The first kappa shape index (κ1) is 29.8. The van der Waals surface area contributed by atoms with Crippen molar-refractivity contribution < 1.29 is 26.7 Å². The van der Waals surface area contributed by atoms with Crippen molar-refractivity contribution in [2.45, 2.75) is 45.1 Å². The van der Waals surface area contributed by atoms with Crippen molar-refractivity contribution in [2.75, 3.05) is 24.6 Å². The van der Waals surface area contributed by atoms with Gasteiger partial charge in [0, 0.05) is 55.5 Å². The average Bonchev–Trinajstić information content (AvgIpc) is 3.63. The molecule has 0 radical (unpaired) electrons. The van der Waals surface area contributed by atoms with E-state index in [2.05, 4.69) is 26.4 Å². The molecule has 222 valence electrons. The second-order valence-corrected chi connectivity index (χ2v) is 11.2. The Morgan fingerprint density at radius 2 is 1.81 bits per heavy atom. The van der Waals surface area contributed by atoms with Crippen LogP contribution in [0.25, 0.3) is 12.2 Å². The maximum absolute atomic E-state index is 14.0. The van der Waals surface area contributed by atoms with Crippen molar-refractivity contribution in [1.29, 1.82) is 0 Å². The monoisotopic (exact) mass is 601 g/mol. The average molecular weight is 602 g/mol. The van der Waals surface area contributed by atoms with Crippen molar-refractivity contribution in [1.82, 2.24) is 24.9 Å². The molecule has 7 nitrogen and oxygen atoms in total. The summed E-state index contributed by atoms with van der Waals surface area (Å²) in [5.74, 6) is 2.27. The van der Waals surface area contributed by atoms with E-state index >= 15 is 0 Å². The number of aryl methyl sites for hydroxylation is 2. The van der Waals surface area contributed by atoms with Crippen LogP contribution in [0.2, 0.25) is 0 Å². The van der Waals surface area contributed by atoms with E-state index in [-0.39, 0.29) is 18.1 Å². The molecule has 0 spiro atoms. The molecule has 42 heavy (non-hydrogen) atoms. The Kier molecular flexibility index (Phi) is 9.96. The molecule has 0 N–H and O–H groups in total. The number of benzene rings is 2. The lowest BCUT2D eigenvalue weighted by Gasteiger charge is -2.24. The molecule has 5 rings (SSSR count). The van der Waals surface area contributed by atoms with Crippen LogP contribution in [-0.2, 0) is 32.3 Å². The topological polar surface area (TPSA) is 69.2 Å². The normalized spacial score (nSPS) is 14.6. The van der Waals surface area contributed by atoms with Crippen molar-refractivity contribution in [2.24, 2.45) is 0 Å². The SMILES string of the molecule is Fc1cc(C(F)(F)F)ccc1C=Cc1nc(COc2ccc(CCCCn3cc(CN4CCSCC4)nn3)cc2)co1. The Labute approximate surface area is 245 Å². The minimum absolute atomic E-state index is 0.00534. The van der Waals surface area contributed by atoms with E-state index < -0.39 is 17.6 Å². The van der Waals surface area contributed by atoms with Crippen molar-refractivity contribution in [3.8, 4) is 5.75 Å². The first-order valence-electron chi connectivity index (χ1n) is 13.7. The second-order valence-electron chi connectivity index (χ2n) is 10.00. The molecule has 2 aromatic heterocycles. The number of aromatic nitrogens is 4. The van der Waals surface area contributed by atoms with E-state index in [1.54, 1.807) is 0 Å². The number of alkyl halides is 3. The molecule has 12 heteroatoms. The lowest BCUT2D eigenvalue weighted by molar-refractivity contribution is -0.137. The third-order valence-electron chi connectivity index (χ3n) is 6.79. The molecule has 2 aromatic carbocycles. The number of rotatable bonds is 12. The highest BCUT2D eigenvalue weighted by atomic mass is 32.2. The summed E-state index contributed by atoms with van der Waals surface area (Å²) in [6.45, 7) is 4.11. The number of hydrogen-bond donors (Lipinski definition) is 0. The summed E-state index contributed by atoms with van der Waals surface area (Å²) in [5.41, 5.74) is 1.73. The maximum Gasteiger partial charge on any atom is 0.416 e. The van der Waals surface area contributed by atoms with Gasteiger partial charge >= 0.3 is 6.18 Å². The molecule has 1 aliphatic rings. The van der Waals surface area contributed by atoms with Gasteiger partial charge in [0.2, 0.25) is 5.89 Å². The van der Waals surface area contributed by atoms with E-state index in [0.717, 1.165) is 63.3 Å². The Hall–Kier alpha value is -3.64. The summed E-state index contributed by atoms with van der Waals surface area (Å²) in [4.78, 5) is 6.68. The molecule has 1 aliphatic heterocycles. The molecule has 3 heterocycles. The molecular formula is C30H31F4N5O2S. The predicted molar refractivity (Wildman–Crippen MR) is 153 cm³/mol. The number of halogens is 4. The number of hydrogen-bond acceptors (Lipinski definition) is 7. The zero-order valence-corrected chi connectivity index (χ0v) is 23.7. The van der Waals surface area contributed by atoms with Crippen LogP contribution in [-0.4, -0.2) is 49.5 Å². The van der Waals surface area contributed by atoms with Gasteiger partial charge in [-0.25, -0.2) is 9.37 Å². The smallest absolute Gasteiger partial charge is 0.416 e. The molecule has 0 amide bonds. The fourth-order valence-electron chi connectivity index (χ4n) is 4.49. The molecule has 4 aromatic rings. The lowest BCUT2D eigenvalue weighted by atomic mass is 10.1. The first-order chi connectivity index (χ1) is 20.3. The number of nitrogens with zero attached hydrogens (tertiary/aromatic N) is 5. The fraction of sp³-hybridized carbons (Fsp3) is 0.367. The van der Waals surface area contributed by atoms with Gasteiger partial charge in [0.05, 0.1) is 11.3 Å². The molecule has 1 fully saturated rings. The van der Waals surface area contributed by atoms with Gasteiger partial charge in [0.1, 0.15) is 30.1 Å². The molecule has 0 unspecified atom stereocenters. The van der Waals surface area contributed by atoms with E-state index in [0.29, 0.717) is 17.5 Å². The molecule has 1 saturated heterocycles. The third-order valence-corrected chi connectivity index (χ3v) is 7.73. The summed E-state index contributed by atoms with van der Waals surface area (Å²) < 4.78 is 65.2. The fourth-order valence-corrected chi connectivity index (χ4v) is 5.47. The Morgan fingerprint density at radius 1 is 1.00 bits per heavy atom. The van der Waals surface area contributed by atoms with Gasteiger partial charge < -0.3 is 9.15 Å². The molecular weight excluding hydrogens is 570 g/mol. The van der Waals surface area contributed by atoms with Crippen LogP contribution < -0.4 is 4.74 Å². The minimum atomic E-state index is -4.60.